The summed E-state index contributed by atoms with van der Waals surface area (Å²) in [5, 5.41) is 17.7. The molecule has 0 fully saturated rings. The van der Waals surface area contributed by atoms with E-state index in [1.54, 1.807) is 30.1 Å². The molecule has 0 atom stereocenters. The summed E-state index contributed by atoms with van der Waals surface area (Å²) in [6.07, 6.45) is 1.91. The molecule has 0 aliphatic heterocycles. The van der Waals surface area contributed by atoms with Crippen molar-refractivity contribution >= 4 is 29.3 Å². The van der Waals surface area contributed by atoms with Gasteiger partial charge in [-0.2, -0.15) is 5.26 Å². The summed E-state index contributed by atoms with van der Waals surface area (Å²) < 4.78 is 1.78. The van der Waals surface area contributed by atoms with Crippen molar-refractivity contribution in [1.82, 2.24) is 19.7 Å². The van der Waals surface area contributed by atoms with Crippen molar-refractivity contribution in [3.8, 4) is 11.8 Å². The number of nitrogens with zero attached hydrogens (tertiary/aromatic N) is 5. The molecule has 0 spiro atoms. The predicted molar refractivity (Wildman–Crippen MR) is 85.0 cm³/mol. The number of amides is 1. The predicted octanol–water partition coefficient (Wildman–Crippen LogP) is 2.38. The first kappa shape index (κ1) is 16.3. The second-order valence-corrected chi connectivity index (χ2v) is 5.85. The van der Waals surface area contributed by atoms with Crippen molar-refractivity contribution in [2.75, 3.05) is 19.3 Å². The fraction of sp³-hybridized carbons (Fsp3) is 0.286. The largest absolute Gasteiger partial charge is 0.344 e. The summed E-state index contributed by atoms with van der Waals surface area (Å²) in [5.41, 5.74) is 0.838. The molecule has 8 heteroatoms. The van der Waals surface area contributed by atoms with Crippen LogP contribution in [0, 0.1) is 11.3 Å². The van der Waals surface area contributed by atoms with Crippen LogP contribution in [0.3, 0.4) is 0 Å². The first-order valence-electron chi connectivity index (χ1n) is 6.51. The third-order valence-electron chi connectivity index (χ3n) is 2.91. The minimum atomic E-state index is -0.0547. The smallest absolute Gasteiger partial charge is 0.232 e. The second kappa shape index (κ2) is 7.82. The normalized spacial score (nSPS) is 10.2. The van der Waals surface area contributed by atoms with Crippen molar-refractivity contribution in [2.45, 2.75) is 11.6 Å². The highest BCUT2D eigenvalue weighted by Crippen LogP contribution is 2.21. The monoisotopic (exact) mass is 335 g/mol. The van der Waals surface area contributed by atoms with E-state index in [-0.39, 0.29) is 11.7 Å². The lowest BCUT2D eigenvalue weighted by molar-refractivity contribution is -0.127. The van der Waals surface area contributed by atoms with Crippen molar-refractivity contribution in [3.05, 3.63) is 35.6 Å². The van der Waals surface area contributed by atoms with Crippen LogP contribution in [0.4, 0.5) is 0 Å². The minimum absolute atomic E-state index is 0.0547. The van der Waals surface area contributed by atoms with Crippen LogP contribution in [0.25, 0.3) is 5.69 Å². The maximum atomic E-state index is 12.0. The third-order valence-corrected chi connectivity index (χ3v) is 4.08. The summed E-state index contributed by atoms with van der Waals surface area (Å²) in [4.78, 5) is 13.5. The Hall–Kier alpha value is -2.04. The molecule has 0 saturated heterocycles. The van der Waals surface area contributed by atoms with Gasteiger partial charge in [0.2, 0.25) is 5.91 Å². The molecule has 1 aromatic heterocycles. The van der Waals surface area contributed by atoms with Gasteiger partial charge in [0.05, 0.1) is 23.9 Å². The van der Waals surface area contributed by atoms with Crippen LogP contribution < -0.4 is 0 Å². The van der Waals surface area contributed by atoms with Crippen LogP contribution in [0.2, 0.25) is 5.02 Å². The fourth-order valence-electron chi connectivity index (χ4n) is 1.70. The molecule has 1 aromatic carbocycles. The summed E-state index contributed by atoms with van der Waals surface area (Å²) in [6, 6.07) is 9.34. The Morgan fingerprint density at radius 2 is 2.36 bits per heavy atom. The summed E-state index contributed by atoms with van der Waals surface area (Å²) in [6.45, 7) is 0.427. The molecule has 0 radical (unpaired) electrons. The lowest BCUT2D eigenvalue weighted by atomic mass is 10.3. The van der Waals surface area contributed by atoms with E-state index in [0.717, 1.165) is 5.69 Å². The van der Waals surface area contributed by atoms with Gasteiger partial charge in [-0.25, -0.2) is 0 Å². The van der Waals surface area contributed by atoms with Crippen molar-refractivity contribution in [3.63, 3.8) is 0 Å². The molecule has 0 N–H and O–H groups in total. The van der Waals surface area contributed by atoms with E-state index in [1.165, 1.54) is 16.7 Å². The van der Waals surface area contributed by atoms with Gasteiger partial charge in [-0.05, 0) is 18.2 Å². The number of carbonyl (C=O) groups excluding carboxylic acids is 1. The van der Waals surface area contributed by atoms with Crippen molar-refractivity contribution in [2.24, 2.45) is 0 Å². The number of nitriles is 1. The molecule has 1 heterocycles. The van der Waals surface area contributed by atoms with E-state index in [1.807, 2.05) is 18.2 Å². The molecule has 0 aliphatic carbocycles. The topological polar surface area (TPSA) is 74.8 Å². The molecule has 22 heavy (non-hydrogen) atoms. The molecule has 1 amide bonds. The lowest BCUT2D eigenvalue weighted by Crippen LogP contribution is -2.29. The van der Waals surface area contributed by atoms with Crippen LogP contribution >= 0.6 is 23.4 Å². The van der Waals surface area contributed by atoms with Gasteiger partial charge < -0.3 is 4.90 Å². The zero-order valence-electron chi connectivity index (χ0n) is 11.9. The SMILES string of the molecule is CN(CCC#N)C(=O)CSc1nncn1-c1cccc(Cl)c1. The standard InChI is InChI=1S/C14H14ClN5OS/c1-19(7-3-6-16)13(21)9-22-14-18-17-10-20(14)12-5-2-4-11(15)8-12/h2,4-5,8,10H,3,7,9H2,1H3. The Balaban J connectivity index is 2.02. The Labute approximate surface area is 137 Å². The van der Waals surface area contributed by atoms with Gasteiger partial charge in [-0.3, -0.25) is 9.36 Å². The molecule has 2 rings (SSSR count). The maximum Gasteiger partial charge on any atom is 0.232 e. The summed E-state index contributed by atoms with van der Waals surface area (Å²) in [5.74, 6) is 0.183. The number of hydrogen-bond acceptors (Lipinski definition) is 5. The van der Waals surface area contributed by atoms with E-state index < -0.39 is 0 Å². The quantitative estimate of drug-likeness (QED) is 0.758. The van der Waals surface area contributed by atoms with Gasteiger partial charge >= 0.3 is 0 Å². The number of hydrogen-bond donors (Lipinski definition) is 0. The van der Waals surface area contributed by atoms with E-state index in [0.29, 0.717) is 23.1 Å². The highest BCUT2D eigenvalue weighted by molar-refractivity contribution is 7.99. The van der Waals surface area contributed by atoms with Gasteiger partial charge in [-0.15, -0.1) is 10.2 Å². The molecule has 0 saturated carbocycles. The first-order valence-corrected chi connectivity index (χ1v) is 7.88. The van der Waals surface area contributed by atoms with Crippen molar-refractivity contribution < 1.29 is 4.79 Å². The van der Waals surface area contributed by atoms with Gasteiger partial charge in [0, 0.05) is 18.6 Å². The average Bonchev–Trinajstić information content (AvgIpc) is 2.98. The number of rotatable bonds is 6. The number of carbonyl (C=O) groups is 1. The Morgan fingerprint density at radius 1 is 1.55 bits per heavy atom. The van der Waals surface area contributed by atoms with Crippen LogP contribution in [0.5, 0.6) is 0 Å². The Kier molecular flexibility index (Phi) is 5.81. The molecule has 0 aliphatic rings. The van der Waals surface area contributed by atoms with Crippen LogP contribution in [-0.4, -0.2) is 44.9 Å². The van der Waals surface area contributed by atoms with E-state index in [9.17, 15) is 4.79 Å². The molecular formula is C14H14ClN5OS. The highest BCUT2D eigenvalue weighted by Gasteiger charge is 2.13. The van der Waals surface area contributed by atoms with Gasteiger partial charge in [0.15, 0.2) is 5.16 Å². The Morgan fingerprint density at radius 3 is 3.09 bits per heavy atom. The van der Waals surface area contributed by atoms with Crippen LogP contribution in [-0.2, 0) is 4.79 Å². The lowest BCUT2D eigenvalue weighted by Gasteiger charge is -2.14. The molecule has 2 aromatic rings. The molecule has 0 unspecified atom stereocenters. The van der Waals surface area contributed by atoms with Crippen LogP contribution in [0.15, 0.2) is 35.7 Å². The highest BCUT2D eigenvalue weighted by atomic mass is 35.5. The molecule has 6 nitrogen and oxygen atoms in total. The molecule has 114 valence electrons. The number of aromatic nitrogens is 3. The zero-order chi connectivity index (χ0) is 15.9. The summed E-state index contributed by atoms with van der Waals surface area (Å²) in [7, 11) is 1.68. The number of thioether (sulfide) groups is 1. The van der Waals surface area contributed by atoms with Gasteiger partial charge in [0.1, 0.15) is 6.33 Å². The first-order chi connectivity index (χ1) is 10.6. The Bertz CT molecular complexity index is 697. The number of halogens is 1. The van der Waals surface area contributed by atoms with Crippen molar-refractivity contribution in [1.29, 1.82) is 5.26 Å². The van der Waals surface area contributed by atoms with Gasteiger partial charge in [0.25, 0.3) is 0 Å². The van der Waals surface area contributed by atoms with E-state index >= 15 is 0 Å². The third kappa shape index (κ3) is 4.23. The van der Waals surface area contributed by atoms with E-state index in [2.05, 4.69) is 10.2 Å². The minimum Gasteiger partial charge on any atom is -0.344 e. The van der Waals surface area contributed by atoms with E-state index in [4.69, 9.17) is 16.9 Å². The molecular weight excluding hydrogens is 322 g/mol. The van der Waals surface area contributed by atoms with Gasteiger partial charge in [-0.1, -0.05) is 29.4 Å². The maximum absolute atomic E-state index is 12.0. The fourth-order valence-corrected chi connectivity index (χ4v) is 2.76. The van der Waals surface area contributed by atoms with Crippen LogP contribution in [0.1, 0.15) is 6.42 Å². The average molecular weight is 336 g/mol. The number of benzene rings is 1. The zero-order valence-corrected chi connectivity index (χ0v) is 13.5. The summed E-state index contributed by atoms with van der Waals surface area (Å²) >= 11 is 7.28. The molecule has 0 bridgehead atoms. The second-order valence-electron chi connectivity index (χ2n) is 4.48.